The average Bonchev–Trinajstić information content (AvgIpc) is 3.17. The SMILES string of the molecule is COc1ccc([C@H]2NC(=O)N(C(Cc3ccc(C(F)(F)F)cc3)C(=O)Nc3ccc(C)cc3F)C2=O)cc1. The van der Waals surface area contributed by atoms with Gasteiger partial charge in [-0.25, -0.2) is 14.1 Å². The third kappa shape index (κ3) is 5.61. The minimum Gasteiger partial charge on any atom is -0.497 e. The van der Waals surface area contributed by atoms with Crippen LogP contribution in [0.15, 0.2) is 66.7 Å². The van der Waals surface area contributed by atoms with Gasteiger partial charge < -0.3 is 15.4 Å². The topological polar surface area (TPSA) is 87.7 Å². The Hall–Kier alpha value is -4.41. The molecule has 1 aliphatic heterocycles. The first-order chi connectivity index (χ1) is 18.0. The second kappa shape index (κ2) is 10.5. The summed E-state index contributed by atoms with van der Waals surface area (Å²) in [7, 11) is 1.47. The van der Waals surface area contributed by atoms with Crippen LogP contribution >= 0.6 is 0 Å². The summed E-state index contributed by atoms with van der Waals surface area (Å²) >= 11 is 0. The van der Waals surface area contributed by atoms with Crippen molar-refractivity contribution in [2.75, 3.05) is 12.4 Å². The minimum atomic E-state index is -4.56. The van der Waals surface area contributed by atoms with Crippen molar-refractivity contribution in [1.29, 1.82) is 0 Å². The molecule has 4 amide bonds. The van der Waals surface area contributed by atoms with E-state index in [1.54, 1.807) is 37.3 Å². The van der Waals surface area contributed by atoms with Crippen LogP contribution in [0.1, 0.15) is 28.3 Å². The highest BCUT2D eigenvalue weighted by Gasteiger charge is 2.45. The molecule has 1 saturated heterocycles. The van der Waals surface area contributed by atoms with Gasteiger partial charge in [-0.3, -0.25) is 9.59 Å². The molecule has 7 nitrogen and oxygen atoms in total. The number of nitrogens with one attached hydrogen (secondary N) is 2. The van der Waals surface area contributed by atoms with E-state index in [0.29, 0.717) is 21.8 Å². The molecule has 11 heteroatoms. The number of halogens is 4. The molecule has 38 heavy (non-hydrogen) atoms. The Balaban J connectivity index is 1.65. The van der Waals surface area contributed by atoms with Gasteiger partial charge >= 0.3 is 12.2 Å². The lowest BCUT2D eigenvalue weighted by Gasteiger charge is -2.25. The molecule has 1 unspecified atom stereocenters. The number of methoxy groups -OCH3 is 1. The van der Waals surface area contributed by atoms with Gasteiger partial charge in [0.05, 0.1) is 18.4 Å². The Morgan fingerprint density at radius 1 is 1.05 bits per heavy atom. The van der Waals surface area contributed by atoms with E-state index in [9.17, 15) is 31.9 Å². The van der Waals surface area contributed by atoms with Crippen LogP contribution < -0.4 is 15.4 Å². The van der Waals surface area contributed by atoms with Gasteiger partial charge in [0.25, 0.3) is 5.91 Å². The molecule has 4 rings (SSSR count). The van der Waals surface area contributed by atoms with Crippen molar-refractivity contribution < 1.29 is 36.7 Å². The van der Waals surface area contributed by atoms with Crippen LogP contribution in [0.5, 0.6) is 5.75 Å². The molecule has 0 radical (unpaired) electrons. The van der Waals surface area contributed by atoms with E-state index in [4.69, 9.17) is 4.74 Å². The fourth-order valence-electron chi connectivity index (χ4n) is 4.10. The number of amides is 4. The number of urea groups is 1. The molecule has 0 aliphatic carbocycles. The molecule has 0 aromatic heterocycles. The van der Waals surface area contributed by atoms with E-state index >= 15 is 0 Å². The molecule has 0 bridgehead atoms. The fraction of sp³-hybridized carbons (Fsp3) is 0.222. The monoisotopic (exact) mass is 529 g/mol. The average molecular weight is 529 g/mol. The minimum absolute atomic E-state index is 0.170. The van der Waals surface area contributed by atoms with Gasteiger partial charge in [-0.15, -0.1) is 0 Å². The van der Waals surface area contributed by atoms with Crippen LogP contribution in [0.2, 0.25) is 0 Å². The molecular formula is C27H23F4N3O4. The summed E-state index contributed by atoms with van der Waals surface area (Å²) < 4.78 is 58.6. The first-order valence-electron chi connectivity index (χ1n) is 11.5. The van der Waals surface area contributed by atoms with Gasteiger partial charge in [0.2, 0.25) is 5.91 Å². The van der Waals surface area contributed by atoms with Gasteiger partial charge in [0, 0.05) is 6.42 Å². The molecule has 3 aromatic rings. The van der Waals surface area contributed by atoms with E-state index in [-0.39, 0.29) is 17.7 Å². The molecule has 2 N–H and O–H groups in total. The lowest BCUT2D eigenvalue weighted by molar-refractivity contribution is -0.137. The lowest BCUT2D eigenvalue weighted by Crippen LogP contribution is -2.49. The molecule has 1 heterocycles. The number of carbonyl (C=O) groups is 3. The van der Waals surface area contributed by atoms with Crippen LogP contribution in [0.3, 0.4) is 0 Å². The number of carbonyl (C=O) groups excluding carboxylic acids is 3. The summed E-state index contributed by atoms with van der Waals surface area (Å²) in [6.45, 7) is 1.66. The van der Waals surface area contributed by atoms with Crippen molar-refractivity contribution in [3.8, 4) is 5.75 Å². The van der Waals surface area contributed by atoms with E-state index in [1.165, 1.54) is 19.2 Å². The van der Waals surface area contributed by atoms with Crippen LogP contribution in [-0.2, 0) is 22.2 Å². The highest BCUT2D eigenvalue weighted by molar-refractivity contribution is 6.09. The summed E-state index contributed by atoms with van der Waals surface area (Å²) in [5.74, 6) is -1.81. The van der Waals surface area contributed by atoms with Crippen molar-refractivity contribution in [3.63, 3.8) is 0 Å². The number of aryl methyl sites for hydroxylation is 1. The Labute approximate surface area is 215 Å². The van der Waals surface area contributed by atoms with Crippen LogP contribution in [-0.4, -0.2) is 35.9 Å². The number of hydrogen-bond acceptors (Lipinski definition) is 4. The molecule has 2 atom stereocenters. The third-order valence-corrected chi connectivity index (χ3v) is 6.13. The molecule has 198 valence electrons. The quantitative estimate of drug-likeness (QED) is 0.333. The van der Waals surface area contributed by atoms with Crippen molar-refractivity contribution in [2.24, 2.45) is 0 Å². The highest BCUT2D eigenvalue weighted by Crippen LogP contribution is 2.31. The highest BCUT2D eigenvalue weighted by atomic mass is 19.4. The maximum atomic E-state index is 14.4. The molecule has 1 aliphatic rings. The van der Waals surface area contributed by atoms with E-state index in [2.05, 4.69) is 10.6 Å². The van der Waals surface area contributed by atoms with Crippen molar-refractivity contribution >= 4 is 23.5 Å². The summed E-state index contributed by atoms with van der Waals surface area (Å²) in [5.41, 5.74) is 0.245. The van der Waals surface area contributed by atoms with Crippen molar-refractivity contribution in [1.82, 2.24) is 10.2 Å². The second-order valence-corrected chi connectivity index (χ2v) is 8.75. The summed E-state index contributed by atoms with van der Waals surface area (Å²) in [6.07, 6.45) is -4.86. The number of hydrogen-bond donors (Lipinski definition) is 2. The Morgan fingerprint density at radius 3 is 2.29 bits per heavy atom. The first-order valence-corrected chi connectivity index (χ1v) is 11.5. The standard InChI is InChI=1S/C27H23F4N3O4/c1-15-3-12-21(20(28)13-15)32-24(35)22(14-16-4-8-18(9-5-16)27(29,30)31)34-25(36)23(33-26(34)37)17-6-10-19(38-2)11-7-17/h3-13,22-23H,14H2,1-2H3,(H,32,35)(H,33,37)/t22?,23-/m1/s1. The van der Waals surface area contributed by atoms with Gasteiger partial charge in [-0.1, -0.05) is 30.3 Å². The molecule has 0 saturated carbocycles. The predicted molar refractivity (Wildman–Crippen MR) is 130 cm³/mol. The van der Waals surface area contributed by atoms with Gasteiger partial charge in [-0.05, 0) is 60.0 Å². The maximum absolute atomic E-state index is 14.4. The smallest absolute Gasteiger partial charge is 0.416 e. The van der Waals surface area contributed by atoms with Gasteiger partial charge in [-0.2, -0.15) is 13.2 Å². The van der Waals surface area contributed by atoms with Crippen molar-refractivity contribution in [2.45, 2.75) is 31.6 Å². The fourth-order valence-corrected chi connectivity index (χ4v) is 4.10. The third-order valence-electron chi connectivity index (χ3n) is 6.13. The molecular weight excluding hydrogens is 506 g/mol. The second-order valence-electron chi connectivity index (χ2n) is 8.75. The summed E-state index contributed by atoms with van der Waals surface area (Å²) in [5, 5.41) is 4.93. The number of anilines is 1. The first kappa shape index (κ1) is 26.6. The molecule has 0 spiro atoms. The maximum Gasteiger partial charge on any atom is 0.416 e. The van der Waals surface area contributed by atoms with Crippen LogP contribution in [0.25, 0.3) is 0 Å². The van der Waals surface area contributed by atoms with E-state index < -0.39 is 47.5 Å². The largest absolute Gasteiger partial charge is 0.497 e. The zero-order valence-corrected chi connectivity index (χ0v) is 20.3. The van der Waals surface area contributed by atoms with Crippen LogP contribution in [0.4, 0.5) is 28.0 Å². The zero-order valence-electron chi connectivity index (χ0n) is 20.3. The number of rotatable bonds is 7. The summed E-state index contributed by atoms with van der Waals surface area (Å²) in [4.78, 5) is 40.4. The number of alkyl halides is 3. The Morgan fingerprint density at radius 2 is 1.71 bits per heavy atom. The molecule has 1 fully saturated rings. The van der Waals surface area contributed by atoms with Gasteiger partial charge in [0.15, 0.2) is 0 Å². The Kier molecular flexibility index (Phi) is 7.38. The normalized spacial score (nSPS) is 16.3. The zero-order chi connectivity index (χ0) is 27.6. The summed E-state index contributed by atoms with van der Waals surface area (Å²) in [6, 6.07) is 11.0. The number of ether oxygens (including phenoxy) is 1. The van der Waals surface area contributed by atoms with E-state index in [0.717, 1.165) is 24.3 Å². The van der Waals surface area contributed by atoms with E-state index in [1.807, 2.05) is 0 Å². The molecule has 3 aromatic carbocycles. The predicted octanol–water partition coefficient (Wildman–Crippen LogP) is 5.00. The number of benzene rings is 3. The number of imide groups is 1. The lowest BCUT2D eigenvalue weighted by atomic mass is 10.0. The van der Waals surface area contributed by atoms with Crippen molar-refractivity contribution in [3.05, 3.63) is 94.8 Å². The van der Waals surface area contributed by atoms with Crippen LogP contribution in [0, 0.1) is 12.7 Å². The Bertz CT molecular complexity index is 1360. The van der Waals surface area contributed by atoms with Gasteiger partial charge in [0.1, 0.15) is 23.7 Å². The number of nitrogens with zero attached hydrogens (tertiary/aromatic N) is 1.